The summed E-state index contributed by atoms with van der Waals surface area (Å²) in [7, 11) is 3.94. The standard InChI is InChI=1S/C15H30N4O2.2ClH/c1-11(2)15(3,10-16)17-14(21)12-8-13(20)19(9-12)7-6-18(4)5;;/h11-12H,6-10,16H2,1-5H3,(H,17,21);2*1H. The summed E-state index contributed by atoms with van der Waals surface area (Å²) in [6, 6.07) is 0. The number of rotatable bonds is 7. The maximum absolute atomic E-state index is 12.4. The zero-order chi connectivity index (χ0) is 16.2. The Labute approximate surface area is 152 Å². The molecule has 1 heterocycles. The Bertz CT molecular complexity index is 394. The minimum Gasteiger partial charge on any atom is -0.349 e. The largest absolute Gasteiger partial charge is 0.349 e. The number of amides is 2. The summed E-state index contributed by atoms with van der Waals surface area (Å²) in [5.74, 6) is -0.00830. The lowest BCUT2D eigenvalue weighted by atomic mass is 9.87. The lowest BCUT2D eigenvalue weighted by molar-refractivity contribution is -0.129. The fourth-order valence-corrected chi connectivity index (χ4v) is 2.30. The van der Waals surface area contributed by atoms with E-state index in [2.05, 4.69) is 5.32 Å². The van der Waals surface area contributed by atoms with Crippen molar-refractivity contribution in [1.82, 2.24) is 15.1 Å². The van der Waals surface area contributed by atoms with Crippen molar-refractivity contribution in [2.75, 3.05) is 40.3 Å². The molecule has 0 bridgehead atoms. The normalized spacial score (nSPS) is 20.1. The van der Waals surface area contributed by atoms with E-state index in [4.69, 9.17) is 5.73 Å². The number of nitrogens with zero attached hydrogens (tertiary/aromatic N) is 2. The monoisotopic (exact) mass is 370 g/mol. The third-order valence-corrected chi connectivity index (χ3v) is 4.51. The molecule has 1 saturated heterocycles. The molecular weight excluding hydrogens is 339 g/mol. The second-order valence-corrected chi connectivity index (χ2v) is 6.81. The molecule has 1 rings (SSSR count). The Balaban J connectivity index is 0. The Morgan fingerprint density at radius 1 is 1.43 bits per heavy atom. The molecule has 0 spiro atoms. The molecule has 1 aliphatic heterocycles. The summed E-state index contributed by atoms with van der Waals surface area (Å²) in [6.45, 7) is 8.42. The van der Waals surface area contributed by atoms with Crippen LogP contribution in [0.15, 0.2) is 0 Å². The van der Waals surface area contributed by atoms with E-state index in [1.165, 1.54) is 0 Å². The first-order valence-corrected chi connectivity index (χ1v) is 7.64. The first-order chi connectivity index (χ1) is 9.69. The quantitative estimate of drug-likeness (QED) is 0.692. The van der Waals surface area contributed by atoms with Crippen LogP contribution in [0.25, 0.3) is 0 Å². The average Bonchev–Trinajstić information content (AvgIpc) is 2.77. The molecule has 0 aromatic rings. The first kappa shape index (κ1) is 24.7. The van der Waals surface area contributed by atoms with Gasteiger partial charge in [0.15, 0.2) is 0 Å². The van der Waals surface area contributed by atoms with Gasteiger partial charge in [0.2, 0.25) is 11.8 Å². The molecule has 23 heavy (non-hydrogen) atoms. The SMILES string of the molecule is CC(C)C(C)(CN)NC(=O)C1CC(=O)N(CCN(C)C)C1.Cl.Cl. The van der Waals surface area contributed by atoms with E-state index in [-0.39, 0.29) is 48.5 Å². The molecule has 2 unspecified atom stereocenters. The van der Waals surface area contributed by atoms with Crippen LogP contribution in [0.3, 0.4) is 0 Å². The summed E-state index contributed by atoms with van der Waals surface area (Å²) in [4.78, 5) is 28.2. The van der Waals surface area contributed by atoms with Crippen molar-refractivity contribution in [3.8, 4) is 0 Å². The molecule has 8 heteroatoms. The molecule has 0 aromatic carbocycles. The lowest BCUT2D eigenvalue weighted by Crippen LogP contribution is -2.56. The summed E-state index contributed by atoms with van der Waals surface area (Å²) >= 11 is 0. The Morgan fingerprint density at radius 3 is 2.43 bits per heavy atom. The van der Waals surface area contributed by atoms with Gasteiger partial charge in [-0.2, -0.15) is 0 Å². The number of carbonyl (C=O) groups excluding carboxylic acids is 2. The maximum Gasteiger partial charge on any atom is 0.225 e. The van der Waals surface area contributed by atoms with Gasteiger partial charge >= 0.3 is 0 Å². The van der Waals surface area contributed by atoms with Gasteiger partial charge in [-0.15, -0.1) is 24.8 Å². The summed E-state index contributed by atoms with van der Waals surface area (Å²) in [5.41, 5.74) is 5.37. The van der Waals surface area contributed by atoms with Crippen LogP contribution in [0, 0.1) is 11.8 Å². The molecule has 1 aliphatic rings. The van der Waals surface area contributed by atoms with E-state index >= 15 is 0 Å². The number of likely N-dealkylation sites (tertiary alicyclic amines) is 1. The number of hydrogen-bond donors (Lipinski definition) is 2. The molecule has 0 aliphatic carbocycles. The van der Waals surface area contributed by atoms with Crippen LogP contribution in [-0.2, 0) is 9.59 Å². The Morgan fingerprint density at radius 2 is 2.00 bits per heavy atom. The van der Waals surface area contributed by atoms with Gasteiger partial charge in [-0.1, -0.05) is 13.8 Å². The van der Waals surface area contributed by atoms with Crippen LogP contribution in [-0.4, -0.2) is 67.4 Å². The van der Waals surface area contributed by atoms with Gasteiger partial charge in [-0.05, 0) is 26.9 Å². The first-order valence-electron chi connectivity index (χ1n) is 7.64. The van der Waals surface area contributed by atoms with Crippen LogP contribution in [0.1, 0.15) is 27.2 Å². The van der Waals surface area contributed by atoms with Crippen molar-refractivity contribution >= 4 is 36.6 Å². The number of carbonyl (C=O) groups is 2. The fraction of sp³-hybridized carbons (Fsp3) is 0.867. The van der Waals surface area contributed by atoms with Crippen LogP contribution >= 0.6 is 24.8 Å². The van der Waals surface area contributed by atoms with Crippen molar-refractivity contribution in [3.05, 3.63) is 0 Å². The topological polar surface area (TPSA) is 78.7 Å². The summed E-state index contributed by atoms with van der Waals surface area (Å²) in [6.07, 6.45) is 0.304. The van der Waals surface area contributed by atoms with Crippen LogP contribution in [0.4, 0.5) is 0 Å². The van der Waals surface area contributed by atoms with Crippen LogP contribution in [0.5, 0.6) is 0 Å². The van der Waals surface area contributed by atoms with Crippen molar-refractivity contribution < 1.29 is 9.59 Å². The zero-order valence-corrected chi connectivity index (χ0v) is 16.4. The molecule has 1 fully saturated rings. The average molecular weight is 371 g/mol. The Kier molecular flexibility index (Phi) is 11.1. The highest BCUT2D eigenvalue weighted by Gasteiger charge is 2.37. The van der Waals surface area contributed by atoms with E-state index in [9.17, 15) is 9.59 Å². The predicted molar refractivity (Wildman–Crippen MR) is 98.2 cm³/mol. The molecule has 6 nitrogen and oxygen atoms in total. The highest BCUT2D eigenvalue weighted by Crippen LogP contribution is 2.21. The second kappa shape index (κ2) is 10.3. The van der Waals surface area contributed by atoms with E-state index in [1.807, 2.05) is 39.8 Å². The molecule has 3 N–H and O–H groups in total. The zero-order valence-electron chi connectivity index (χ0n) is 14.8. The molecule has 0 saturated carbocycles. The van der Waals surface area contributed by atoms with E-state index < -0.39 is 5.54 Å². The number of hydrogen-bond acceptors (Lipinski definition) is 4. The molecule has 138 valence electrons. The highest BCUT2D eigenvalue weighted by molar-refractivity contribution is 5.89. The van der Waals surface area contributed by atoms with Gasteiger partial charge in [-0.3, -0.25) is 9.59 Å². The Hall–Kier alpha value is -0.560. The number of likely N-dealkylation sites (N-methyl/N-ethyl adjacent to an activating group) is 1. The van der Waals surface area contributed by atoms with Gasteiger partial charge in [0.05, 0.1) is 11.5 Å². The van der Waals surface area contributed by atoms with Gasteiger partial charge in [0, 0.05) is 32.6 Å². The number of nitrogens with one attached hydrogen (secondary N) is 1. The molecule has 2 amide bonds. The smallest absolute Gasteiger partial charge is 0.225 e. The van der Waals surface area contributed by atoms with E-state index in [0.29, 0.717) is 26.1 Å². The van der Waals surface area contributed by atoms with Crippen LogP contribution < -0.4 is 11.1 Å². The third-order valence-electron chi connectivity index (χ3n) is 4.51. The minimum atomic E-state index is -0.419. The van der Waals surface area contributed by atoms with Gasteiger partial charge in [-0.25, -0.2) is 0 Å². The number of nitrogens with two attached hydrogens (primary N) is 1. The summed E-state index contributed by atoms with van der Waals surface area (Å²) < 4.78 is 0. The van der Waals surface area contributed by atoms with Crippen LogP contribution in [0.2, 0.25) is 0 Å². The summed E-state index contributed by atoms with van der Waals surface area (Å²) in [5, 5.41) is 3.04. The molecule has 0 radical (unpaired) electrons. The van der Waals surface area contributed by atoms with Crippen molar-refractivity contribution in [3.63, 3.8) is 0 Å². The van der Waals surface area contributed by atoms with Gasteiger partial charge in [0.1, 0.15) is 0 Å². The molecule has 0 aromatic heterocycles. The molecule has 2 atom stereocenters. The van der Waals surface area contributed by atoms with Crippen molar-refractivity contribution in [1.29, 1.82) is 0 Å². The predicted octanol–water partition coefficient (Wildman–Crippen LogP) is 0.730. The maximum atomic E-state index is 12.4. The van der Waals surface area contributed by atoms with Gasteiger partial charge < -0.3 is 20.9 Å². The van der Waals surface area contributed by atoms with E-state index in [1.54, 1.807) is 4.90 Å². The number of halogens is 2. The van der Waals surface area contributed by atoms with Gasteiger partial charge in [0.25, 0.3) is 0 Å². The highest BCUT2D eigenvalue weighted by atomic mass is 35.5. The lowest BCUT2D eigenvalue weighted by Gasteiger charge is -2.34. The van der Waals surface area contributed by atoms with Crippen molar-refractivity contribution in [2.45, 2.75) is 32.7 Å². The second-order valence-electron chi connectivity index (χ2n) is 6.81. The van der Waals surface area contributed by atoms with Crippen molar-refractivity contribution in [2.24, 2.45) is 17.6 Å². The fourth-order valence-electron chi connectivity index (χ4n) is 2.30. The molecular formula is C15H32Cl2N4O2. The minimum absolute atomic E-state index is 0. The van der Waals surface area contributed by atoms with E-state index in [0.717, 1.165) is 6.54 Å². The third kappa shape index (κ3) is 6.83.